The number of carbonyl (C=O) groups excluding carboxylic acids is 2. The average molecular weight is 334 g/mol. The zero-order valence-electron chi connectivity index (χ0n) is 12.8. The molecule has 0 unspecified atom stereocenters. The van der Waals surface area contributed by atoms with Crippen LogP contribution in [0.25, 0.3) is 0 Å². The van der Waals surface area contributed by atoms with Crippen LogP contribution < -0.4 is 5.32 Å². The van der Waals surface area contributed by atoms with Crippen LogP contribution in [-0.4, -0.2) is 34.3 Å². The number of thioether (sulfide) groups is 1. The van der Waals surface area contributed by atoms with Crippen LogP contribution in [0.15, 0.2) is 39.4 Å². The maximum Gasteiger partial charge on any atom is 0.246 e. The predicted molar refractivity (Wildman–Crippen MR) is 85.7 cm³/mol. The number of nitrogens with one attached hydrogen (secondary N) is 1. The molecule has 0 aliphatic carbocycles. The lowest BCUT2D eigenvalue weighted by Crippen LogP contribution is -2.52. The molecule has 0 radical (unpaired) electrons. The highest BCUT2D eigenvalue weighted by Crippen LogP contribution is 2.17. The van der Waals surface area contributed by atoms with E-state index in [1.54, 1.807) is 17.2 Å². The second-order valence-electron chi connectivity index (χ2n) is 5.42. The third-order valence-electron chi connectivity index (χ3n) is 3.53. The number of carbonyl (C=O) groups is 2. The molecule has 0 saturated carbocycles. The van der Waals surface area contributed by atoms with E-state index in [4.69, 9.17) is 8.83 Å². The molecule has 3 heterocycles. The molecule has 122 valence electrons. The molecular weight excluding hydrogens is 316 g/mol. The number of nitrogens with zero attached hydrogens (tertiary/aromatic N) is 1. The lowest BCUT2D eigenvalue weighted by molar-refractivity contribution is -0.137. The average Bonchev–Trinajstić information content (AvgIpc) is 3.18. The fourth-order valence-electron chi connectivity index (χ4n) is 2.46. The van der Waals surface area contributed by atoms with E-state index in [0.29, 0.717) is 36.1 Å². The smallest absolute Gasteiger partial charge is 0.246 e. The van der Waals surface area contributed by atoms with E-state index >= 15 is 0 Å². The van der Waals surface area contributed by atoms with Gasteiger partial charge in [-0.1, -0.05) is 0 Å². The third-order valence-corrected chi connectivity index (χ3v) is 4.57. The maximum atomic E-state index is 12.8. The molecule has 0 bridgehead atoms. The Bertz CT molecular complexity index is 680. The molecular formula is C16H18N2O4S. The molecule has 1 atom stereocenters. The Labute approximate surface area is 138 Å². The maximum absolute atomic E-state index is 12.8. The number of rotatable bonds is 5. The molecule has 7 heteroatoms. The first-order valence-electron chi connectivity index (χ1n) is 7.35. The van der Waals surface area contributed by atoms with Crippen molar-refractivity contribution in [3.63, 3.8) is 0 Å². The predicted octanol–water partition coefficient (Wildman–Crippen LogP) is 1.94. The van der Waals surface area contributed by atoms with Crippen molar-refractivity contribution in [1.82, 2.24) is 10.2 Å². The topological polar surface area (TPSA) is 75.7 Å². The van der Waals surface area contributed by atoms with Crippen LogP contribution in [-0.2, 0) is 22.7 Å². The molecule has 3 rings (SSSR count). The van der Waals surface area contributed by atoms with Gasteiger partial charge in [-0.15, -0.1) is 11.8 Å². The molecule has 1 aliphatic rings. The largest absolute Gasteiger partial charge is 0.467 e. The summed E-state index contributed by atoms with van der Waals surface area (Å²) in [6, 6.07) is 6.82. The van der Waals surface area contributed by atoms with Gasteiger partial charge in [-0.2, -0.15) is 0 Å². The summed E-state index contributed by atoms with van der Waals surface area (Å²) >= 11 is 1.47. The van der Waals surface area contributed by atoms with Gasteiger partial charge in [0.25, 0.3) is 0 Å². The first kappa shape index (κ1) is 15.7. The lowest BCUT2D eigenvalue weighted by Gasteiger charge is -2.28. The van der Waals surface area contributed by atoms with Gasteiger partial charge < -0.3 is 19.1 Å². The van der Waals surface area contributed by atoms with E-state index < -0.39 is 6.04 Å². The molecule has 6 nitrogen and oxygen atoms in total. The van der Waals surface area contributed by atoms with E-state index in [1.807, 2.05) is 25.1 Å². The molecule has 2 amide bonds. The lowest BCUT2D eigenvalue weighted by atomic mass is 10.2. The van der Waals surface area contributed by atoms with Crippen LogP contribution in [0.2, 0.25) is 0 Å². The van der Waals surface area contributed by atoms with Gasteiger partial charge in [0.05, 0.1) is 25.1 Å². The van der Waals surface area contributed by atoms with Gasteiger partial charge in [0.2, 0.25) is 11.8 Å². The van der Waals surface area contributed by atoms with Crippen molar-refractivity contribution in [3.8, 4) is 0 Å². The van der Waals surface area contributed by atoms with Crippen LogP contribution in [0.5, 0.6) is 0 Å². The number of hydrogen-bond donors (Lipinski definition) is 1. The minimum absolute atomic E-state index is 0.105. The number of hydrogen-bond acceptors (Lipinski definition) is 5. The Balaban J connectivity index is 1.75. The van der Waals surface area contributed by atoms with Crippen molar-refractivity contribution in [2.24, 2.45) is 0 Å². The Hall–Kier alpha value is -2.15. The Morgan fingerprint density at radius 2 is 2.17 bits per heavy atom. The minimum atomic E-state index is -0.507. The SMILES string of the molecule is Cc1ccc(CN(Cc2ccco2)C(=O)[C@@H]2CSCC(=O)N2)o1. The number of furan rings is 2. The van der Waals surface area contributed by atoms with Gasteiger partial charge in [-0.05, 0) is 31.2 Å². The molecule has 23 heavy (non-hydrogen) atoms. The summed E-state index contributed by atoms with van der Waals surface area (Å²) in [7, 11) is 0. The Kier molecular flexibility index (Phi) is 4.76. The normalized spacial score (nSPS) is 17.8. The molecule has 0 aromatic carbocycles. The van der Waals surface area contributed by atoms with E-state index in [1.165, 1.54) is 11.8 Å². The fourth-order valence-corrected chi connectivity index (χ4v) is 3.31. The highest BCUT2D eigenvalue weighted by atomic mass is 32.2. The van der Waals surface area contributed by atoms with Gasteiger partial charge >= 0.3 is 0 Å². The second kappa shape index (κ2) is 6.95. The summed E-state index contributed by atoms with van der Waals surface area (Å²) in [5.41, 5.74) is 0. The van der Waals surface area contributed by atoms with Gasteiger partial charge in [-0.25, -0.2) is 0 Å². The zero-order chi connectivity index (χ0) is 16.2. The Morgan fingerprint density at radius 1 is 1.35 bits per heavy atom. The van der Waals surface area contributed by atoms with Crippen molar-refractivity contribution >= 4 is 23.6 Å². The van der Waals surface area contributed by atoms with Crippen molar-refractivity contribution in [2.75, 3.05) is 11.5 Å². The van der Waals surface area contributed by atoms with Crippen molar-refractivity contribution in [1.29, 1.82) is 0 Å². The van der Waals surface area contributed by atoms with Crippen LogP contribution >= 0.6 is 11.8 Å². The summed E-state index contributed by atoms with van der Waals surface area (Å²) in [5, 5.41) is 2.76. The van der Waals surface area contributed by atoms with E-state index in [9.17, 15) is 9.59 Å². The molecule has 1 N–H and O–H groups in total. The van der Waals surface area contributed by atoms with Gasteiger partial charge in [0.15, 0.2) is 0 Å². The standard InChI is InChI=1S/C16H18N2O4S/c1-11-4-5-13(22-11)8-18(7-12-3-2-6-21-12)16(20)14-9-23-10-15(19)17-14/h2-6,14H,7-10H2,1H3,(H,17,19)/t14-/m0/s1. The van der Waals surface area contributed by atoms with Crippen LogP contribution in [0, 0.1) is 6.92 Å². The molecule has 2 aromatic rings. The van der Waals surface area contributed by atoms with E-state index in [-0.39, 0.29) is 11.8 Å². The van der Waals surface area contributed by atoms with Crippen molar-refractivity contribution < 1.29 is 18.4 Å². The van der Waals surface area contributed by atoms with E-state index in [0.717, 1.165) is 5.76 Å². The summed E-state index contributed by atoms with van der Waals surface area (Å²) in [6.07, 6.45) is 1.58. The first-order chi connectivity index (χ1) is 11.1. The summed E-state index contributed by atoms with van der Waals surface area (Å²) in [5.74, 6) is 2.94. The summed E-state index contributed by atoms with van der Waals surface area (Å²) in [4.78, 5) is 26.0. The zero-order valence-corrected chi connectivity index (χ0v) is 13.6. The van der Waals surface area contributed by atoms with Gasteiger partial charge in [0.1, 0.15) is 23.3 Å². The van der Waals surface area contributed by atoms with Crippen LogP contribution in [0.3, 0.4) is 0 Å². The van der Waals surface area contributed by atoms with Gasteiger partial charge in [0, 0.05) is 5.75 Å². The van der Waals surface area contributed by atoms with E-state index in [2.05, 4.69) is 5.32 Å². The third kappa shape index (κ3) is 3.98. The molecule has 1 fully saturated rings. The quantitative estimate of drug-likeness (QED) is 0.904. The molecule has 2 aromatic heterocycles. The molecule has 1 saturated heterocycles. The molecule has 0 spiro atoms. The minimum Gasteiger partial charge on any atom is -0.467 e. The summed E-state index contributed by atoms with van der Waals surface area (Å²) in [6.45, 7) is 2.53. The Morgan fingerprint density at radius 3 is 2.83 bits per heavy atom. The highest BCUT2D eigenvalue weighted by molar-refractivity contribution is 8.00. The molecule has 1 aliphatic heterocycles. The van der Waals surface area contributed by atoms with Gasteiger partial charge in [-0.3, -0.25) is 9.59 Å². The van der Waals surface area contributed by atoms with Crippen molar-refractivity contribution in [2.45, 2.75) is 26.1 Å². The van der Waals surface area contributed by atoms with Crippen LogP contribution in [0.4, 0.5) is 0 Å². The summed E-state index contributed by atoms with van der Waals surface area (Å²) < 4.78 is 10.9. The second-order valence-corrected chi connectivity index (χ2v) is 6.45. The monoisotopic (exact) mass is 334 g/mol. The van der Waals surface area contributed by atoms with Crippen LogP contribution in [0.1, 0.15) is 17.3 Å². The highest BCUT2D eigenvalue weighted by Gasteiger charge is 2.30. The first-order valence-corrected chi connectivity index (χ1v) is 8.51. The van der Waals surface area contributed by atoms with Crippen molar-refractivity contribution in [3.05, 3.63) is 47.8 Å². The fraction of sp³-hybridized carbons (Fsp3) is 0.375. The number of amides is 2. The number of aryl methyl sites for hydroxylation is 1.